The van der Waals surface area contributed by atoms with E-state index >= 15 is 0 Å². The lowest BCUT2D eigenvalue weighted by molar-refractivity contribution is -0.135. The van der Waals surface area contributed by atoms with Crippen LogP contribution >= 0.6 is 27.5 Å². The lowest BCUT2D eigenvalue weighted by atomic mass is 10.2. The third-order valence-electron chi connectivity index (χ3n) is 2.81. The van der Waals surface area contributed by atoms with E-state index in [1.54, 1.807) is 35.2 Å². The van der Waals surface area contributed by atoms with Gasteiger partial charge in [0.2, 0.25) is 0 Å². The second-order valence-electron chi connectivity index (χ2n) is 4.50. The lowest BCUT2D eigenvalue weighted by Gasteiger charge is -2.23. The molecule has 0 aliphatic rings. The summed E-state index contributed by atoms with van der Waals surface area (Å²) in [5.74, 6) is -1.33. The number of anilines is 1. The fourth-order valence-electron chi connectivity index (χ4n) is 1.98. The highest BCUT2D eigenvalue weighted by Gasteiger charge is 2.12. The van der Waals surface area contributed by atoms with Crippen molar-refractivity contribution in [1.29, 1.82) is 0 Å². The monoisotopic (exact) mass is 371 g/mol. The van der Waals surface area contributed by atoms with Crippen molar-refractivity contribution in [3.8, 4) is 0 Å². The van der Waals surface area contributed by atoms with E-state index in [1.807, 2.05) is 0 Å². The zero-order chi connectivity index (χ0) is 15.4. The van der Waals surface area contributed by atoms with Crippen molar-refractivity contribution in [3.63, 3.8) is 0 Å². The van der Waals surface area contributed by atoms with Crippen LogP contribution in [0.1, 0.15) is 5.56 Å². The van der Waals surface area contributed by atoms with Crippen LogP contribution in [0, 0.1) is 5.82 Å². The van der Waals surface area contributed by atoms with Gasteiger partial charge in [0, 0.05) is 21.7 Å². The number of hydrogen-bond donors (Lipinski definition) is 1. The van der Waals surface area contributed by atoms with Gasteiger partial charge in [0.05, 0.1) is 0 Å². The summed E-state index contributed by atoms with van der Waals surface area (Å²) in [5.41, 5.74) is 1.39. The van der Waals surface area contributed by atoms with Crippen LogP contribution in [0.25, 0.3) is 0 Å². The average Bonchev–Trinajstić information content (AvgIpc) is 2.37. The van der Waals surface area contributed by atoms with E-state index in [9.17, 15) is 9.18 Å². The smallest absolute Gasteiger partial charge is 0.323 e. The third kappa shape index (κ3) is 4.72. The Bertz CT molecular complexity index is 628. The largest absolute Gasteiger partial charge is 0.480 e. The van der Waals surface area contributed by atoms with Crippen molar-refractivity contribution in [1.82, 2.24) is 0 Å². The molecule has 2 aromatic carbocycles. The van der Waals surface area contributed by atoms with Crippen LogP contribution in [0.3, 0.4) is 0 Å². The Morgan fingerprint density at radius 2 is 1.90 bits per heavy atom. The molecule has 0 spiro atoms. The molecule has 1 N–H and O–H groups in total. The molecule has 0 aliphatic heterocycles. The molecule has 0 fully saturated rings. The normalized spacial score (nSPS) is 10.4. The fraction of sp³-hybridized carbons (Fsp3) is 0.133. The number of carboxylic acid groups (broad SMARTS) is 1. The highest BCUT2D eigenvalue weighted by molar-refractivity contribution is 9.10. The Balaban J connectivity index is 2.27. The van der Waals surface area contributed by atoms with E-state index < -0.39 is 5.97 Å². The Hall–Kier alpha value is -1.59. The summed E-state index contributed by atoms with van der Waals surface area (Å²) in [6, 6.07) is 11.3. The first-order valence-electron chi connectivity index (χ1n) is 6.11. The zero-order valence-electron chi connectivity index (χ0n) is 10.9. The Morgan fingerprint density at radius 1 is 1.24 bits per heavy atom. The molecule has 0 saturated carbocycles. The van der Waals surface area contributed by atoms with Crippen molar-refractivity contribution in [3.05, 3.63) is 63.3 Å². The minimum atomic E-state index is -0.958. The second-order valence-corrected chi connectivity index (χ2v) is 5.86. The third-order valence-corrected chi connectivity index (χ3v) is 3.52. The molecule has 21 heavy (non-hydrogen) atoms. The molecule has 0 saturated heterocycles. The Labute approximate surface area is 135 Å². The van der Waals surface area contributed by atoms with Crippen LogP contribution < -0.4 is 4.90 Å². The number of rotatable bonds is 5. The number of hydrogen-bond acceptors (Lipinski definition) is 2. The van der Waals surface area contributed by atoms with Gasteiger partial charge in [-0.1, -0.05) is 27.5 Å². The maximum absolute atomic E-state index is 13.4. The molecule has 0 bridgehead atoms. The highest BCUT2D eigenvalue weighted by Crippen LogP contribution is 2.22. The quantitative estimate of drug-likeness (QED) is 0.849. The Morgan fingerprint density at radius 3 is 2.48 bits per heavy atom. The summed E-state index contributed by atoms with van der Waals surface area (Å²) in [7, 11) is 0. The lowest BCUT2D eigenvalue weighted by Crippen LogP contribution is -2.29. The summed E-state index contributed by atoms with van der Waals surface area (Å²) in [6.45, 7) is 0.0973. The van der Waals surface area contributed by atoms with E-state index in [0.717, 1.165) is 0 Å². The summed E-state index contributed by atoms with van der Waals surface area (Å²) in [4.78, 5) is 12.7. The molecule has 0 radical (unpaired) electrons. The van der Waals surface area contributed by atoms with E-state index in [2.05, 4.69) is 15.9 Å². The van der Waals surface area contributed by atoms with E-state index in [4.69, 9.17) is 16.7 Å². The van der Waals surface area contributed by atoms with Gasteiger partial charge in [0.25, 0.3) is 0 Å². The molecule has 0 amide bonds. The molecule has 0 aliphatic carbocycles. The van der Waals surface area contributed by atoms with Gasteiger partial charge < -0.3 is 10.0 Å². The van der Waals surface area contributed by atoms with Crippen LogP contribution in [0.5, 0.6) is 0 Å². The van der Waals surface area contributed by atoms with Crippen LogP contribution in [0.15, 0.2) is 46.9 Å². The standard InChI is InChI=1S/C15H12BrClFNO2/c16-11-5-10(6-13(18)7-11)8-19(9-15(20)21)14-3-1-12(17)2-4-14/h1-7H,8-9H2,(H,20,21). The van der Waals surface area contributed by atoms with Crippen molar-refractivity contribution < 1.29 is 14.3 Å². The summed E-state index contributed by atoms with van der Waals surface area (Å²) < 4.78 is 14.0. The minimum Gasteiger partial charge on any atom is -0.480 e. The van der Waals surface area contributed by atoms with Crippen LogP contribution in [-0.4, -0.2) is 17.6 Å². The van der Waals surface area contributed by atoms with Crippen LogP contribution in [0.4, 0.5) is 10.1 Å². The second kappa shape index (κ2) is 6.91. The van der Waals surface area contributed by atoms with Crippen molar-refractivity contribution >= 4 is 39.2 Å². The summed E-state index contributed by atoms with van der Waals surface area (Å²) >= 11 is 9.06. The Kier molecular flexibility index (Phi) is 5.20. The molecule has 110 valence electrons. The maximum Gasteiger partial charge on any atom is 0.323 e. The molecule has 0 atom stereocenters. The average molecular weight is 373 g/mol. The van der Waals surface area contributed by atoms with E-state index in [0.29, 0.717) is 20.7 Å². The molecule has 0 aromatic heterocycles. The summed E-state index contributed by atoms with van der Waals surface area (Å²) in [5, 5.41) is 9.61. The highest BCUT2D eigenvalue weighted by atomic mass is 79.9. The van der Waals surface area contributed by atoms with Gasteiger partial charge in [0.1, 0.15) is 12.4 Å². The van der Waals surface area contributed by atoms with E-state index in [1.165, 1.54) is 12.1 Å². The SMILES string of the molecule is O=C(O)CN(Cc1cc(F)cc(Br)c1)c1ccc(Cl)cc1. The molecule has 2 aromatic rings. The molecule has 0 unspecified atom stereocenters. The topological polar surface area (TPSA) is 40.5 Å². The van der Waals surface area contributed by atoms with Gasteiger partial charge in [-0.3, -0.25) is 4.79 Å². The first-order valence-corrected chi connectivity index (χ1v) is 7.28. The summed E-state index contributed by atoms with van der Waals surface area (Å²) in [6.07, 6.45) is 0. The van der Waals surface area contributed by atoms with Crippen molar-refractivity contribution in [2.24, 2.45) is 0 Å². The maximum atomic E-state index is 13.4. The van der Waals surface area contributed by atoms with Crippen LogP contribution in [-0.2, 0) is 11.3 Å². The molecule has 2 rings (SSSR count). The molecule has 0 heterocycles. The van der Waals surface area contributed by atoms with Crippen molar-refractivity contribution in [2.45, 2.75) is 6.54 Å². The fourth-order valence-corrected chi connectivity index (χ4v) is 2.61. The predicted molar refractivity (Wildman–Crippen MR) is 84.2 cm³/mol. The van der Waals surface area contributed by atoms with E-state index in [-0.39, 0.29) is 18.9 Å². The molecular formula is C15H12BrClFNO2. The number of benzene rings is 2. The zero-order valence-corrected chi connectivity index (χ0v) is 13.2. The molecular weight excluding hydrogens is 361 g/mol. The van der Waals surface area contributed by atoms with Gasteiger partial charge >= 0.3 is 5.97 Å². The van der Waals surface area contributed by atoms with Gasteiger partial charge in [-0.2, -0.15) is 0 Å². The number of aliphatic carboxylic acids is 1. The molecule has 3 nitrogen and oxygen atoms in total. The molecule has 6 heteroatoms. The van der Waals surface area contributed by atoms with Gasteiger partial charge in [0.15, 0.2) is 0 Å². The number of halogens is 3. The number of nitrogens with zero attached hydrogens (tertiary/aromatic N) is 1. The number of carbonyl (C=O) groups is 1. The van der Waals surface area contributed by atoms with Gasteiger partial charge in [-0.05, 0) is 48.0 Å². The first-order chi connectivity index (χ1) is 9.94. The minimum absolute atomic E-state index is 0.185. The van der Waals surface area contributed by atoms with Crippen molar-refractivity contribution in [2.75, 3.05) is 11.4 Å². The number of carboxylic acids is 1. The predicted octanol–water partition coefficient (Wildman–Crippen LogP) is 4.33. The van der Waals surface area contributed by atoms with Gasteiger partial charge in [-0.15, -0.1) is 0 Å². The van der Waals surface area contributed by atoms with Gasteiger partial charge in [-0.25, -0.2) is 4.39 Å². The first kappa shape index (κ1) is 15.8. The van der Waals surface area contributed by atoms with Crippen LogP contribution in [0.2, 0.25) is 5.02 Å².